The van der Waals surface area contributed by atoms with Crippen molar-refractivity contribution in [2.45, 2.75) is 71.9 Å². The van der Waals surface area contributed by atoms with E-state index in [1.54, 1.807) is 0 Å². The van der Waals surface area contributed by atoms with Gasteiger partial charge in [-0.25, -0.2) is 0 Å². The van der Waals surface area contributed by atoms with Gasteiger partial charge in [-0.05, 0) is 52.6 Å². The van der Waals surface area contributed by atoms with Gasteiger partial charge in [-0.2, -0.15) is 0 Å². The Kier molecular flexibility index (Phi) is 9.89. The standard InChI is InChI=1S/C22H40N2O4/c1-17(2)22(26)19-5-10-23(11-6-19)20-7-12-24(13-8-20)21(25)9-14-27-15-16-28-18(3)4/h17-20H,5-16H2,1-4H3. The second kappa shape index (κ2) is 11.9. The molecule has 0 N–H and O–H groups in total. The molecular formula is C22H40N2O4. The molecule has 0 radical (unpaired) electrons. The number of likely N-dealkylation sites (tertiary alicyclic amines) is 2. The molecule has 1 amide bonds. The molecule has 2 heterocycles. The molecule has 0 aromatic heterocycles. The number of piperidine rings is 2. The zero-order chi connectivity index (χ0) is 20.5. The van der Waals surface area contributed by atoms with Crippen molar-refractivity contribution in [3.05, 3.63) is 0 Å². The summed E-state index contributed by atoms with van der Waals surface area (Å²) in [5, 5.41) is 0. The number of hydrogen-bond donors (Lipinski definition) is 0. The van der Waals surface area contributed by atoms with Crippen LogP contribution in [0.1, 0.15) is 59.8 Å². The van der Waals surface area contributed by atoms with Gasteiger partial charge in [-0.15, -0.1) is 0 Å². The minimum absolute atomic E-state index is 0.150. The Morgan fingerprint density at radius 1 is 0.893 bits per heavy atom. The van der Waals surface area contributed by atoms with Gasteiger partial charge in [0.2, 0.25) is 5.91 Å². The van der Waals surface area contributed by atoms with E-state index in [0.717, 1.165) is 51.9 Å². The Bertz CT molecular complexity index is 479. The van der Waals surface area contributed by atoms with E-state index in [1.807, 2.05) is 32.6 Å². The van der Waals surface area contributed by atoms with Crippen LogP contribution in [0.25, 0.3) is 0 Å². The minimum Gasteiger partial charge on any atom is -0.379 e. The van der Waals surface area contributed by atoms with Gasteiger partial charge < -0.3 is 19.3 Å². The van der Waals surface area contributed by atoms with E-state index in [4.69, 9.17) is 9.47 Å². The lowest BCUT2D eigenvalue weighted by atomic mass is 9.86. The summed E-state index contributed by atoms with van der Waals surface area (Å²) in [7, 11) is 0. The van der Waals surface area contributed by atoms with Gasteiger partial charge in [-0.1, -0.05) is 13.8 Å². The van der Waals surface area contributed by atoms with Crippen molar-refractivity contribution in [3.63, 3.8) is 0 Å². The summed E-state index contributed by atoms with van der Waals surface area (Å²) < 4.78 is 10.9. The SMILES string of the molecule is CC(C)OCCOCCC(=O)N1CCC(N2CCC(C(=O)C(C)C)CC2)CC1. The number of ether oxygens (including phenoxy) is 2. The molecule has 2 rings (SSSR count). The molecule has 2 saturated heterocycles. The van der Waals surface area contributed by atoms with Crippen molar-refractivity contribution < 1.29 is 19.1 Å². The number of rotatable bonds is 10. The molecule has 0 aromatic carbocycles. The Labute approximate surface area is 170 Å². The maximum absolute atomic E-state index is 12.4. The first-order valence-corrected chi connectivity index (χ1v) is 11.1. The molecular weight excluding hydrogens is 356 g/mol. The Hall–Kier alpha value is -0.980. The molecule has 2 aliphatic heterocycles. The zero-order valence-corrected chi connectivity index (χ0v) is 18.3. The highest BCUT2D eigenvalue weighted by Gasteiger charge is 2.32. The Balaban J connectivity index is 1.60. The van der Waals surface area contributed by atoms with Crippen molar-refractivity contribution in [2.24, 2.45) is 11.8 Å². The number of Topliss-reactive ketones (excluding diaryl/α,β-unsaturated/α-hetero) is 1. The van der Waals surface area contributed by atoms with Gasteiger partial charge >= 0.3 is 0 Å². The lowest BCUT2D eigenvalue weighted by Crippen LogP contribution is -2.49. The summed E-state index contributed by atoms with van der Waals surface area (Å²) in [6.45, 7) is 13.3. The van der Waals surface area contributed by atoms with E-state index >= 15 is 0 Å². The first kappa shape index (κ1) is 23.3. The van der Waals surface area contributed by atoms with Crippen LogP contribution in [0.15, 0.2) is 0 Å². The van der Waals surface area contributed by atoms with Gasteiger partial charge in [0, 0.05) is 31.0 Å². The zero-order valence-electron chi connectivity index (χ0n) is 18.3. The van der Waals surface area contributed by atoms with Crippen LogP contribution in [0, 0.1) is 11.8 Å². The monoisotopic (exact) mass is 396 g/mol. The fourth-order valence-electron chi connectivity index (χ4n) is 4.26. The van der Waals surface area contributed by atoms with Crippen LogP contribution in [0.2, 0.25) is 0 Å². The molecule has 0 bridgehead atoms. The molecule has 162 valence electrons. The molecule has 0 aliphatic carbocycles. The largest absolute Gasteiger partial charge is 0.379 e. The minimum atomic E-state index is 0.150. The normalized spacial score (nSPS) is 20.3. The van der Waals surface area contributed by atoms with Crippen LogP contribution in [0.3, 0.4) is 0 Å². The van der Waals surface area contributed by atoms with Gasteiger partial charge in [-0.3, -0.25) is 9.59 Å². The number of amides is 1. The van der Waals surface area contributed by atoms with Crippen LogP contribution < -0.4 is 0 Å². The van der Waals surface area contributed by atoms with Gasteiger partial charge in [0.15, 0.2) is 0 Å². The summed E-state index contributed by atoms with van der Waals surface area (Å²) >= 11 is 0. The number of carbonyl (C=O) groups is 2. The smallest absolute Gasteiger partial charge is 0.224 e. The predicted molar refractivity (Wildman–Crippen MR) is 110 cm³/mol. The molecule has 6 heteroatoms. The lowest BCUT2D eigenvalue weighted by molar-refractivity contribution is -0.134. The van der Waals surface area contributed by atoms with E-state index < -0.39 is 0 Å². The summed E-state index contributed by atoms with van der Waals surface area (Å²) in [6, 6.07) is 0.559. The highest BCUT2D eigenvalue weighted by Crippen LogP contribution is 2.26. The Morgan fingerprint density at radius 2 is 1.54 bits per heavy atom. The Morgan fingerprint density at radius 3 is 2.11 bits per heavy atom. The molecule has 0 saturated carbocycles. The van der Waals surface area contributed by atoms with Crippen molar-refractivity contribution in [1.29, 1.82) is 0 Å². The molecule has 0 spiro atoms. The van der Waals surface area contributed by atoms with Gasteiger partial charge in [0.1, 0.15) is 5.78 Å². The lowest BCUT2D eigenvalue weighted by Gasteiger charge is -2.41. The van der Waals surface area contributed by atoms with Crippen molar-refractivity contribution >= 4 is 11.7 Å². The quantitative estimate of drug-likeness (QED) is 0.532. The third-order valence-corrected chi connectivity index (χ3v) is 5.97. The van der Waals surface area contributed by atoms with E-state index in [9.17, 15) is 9.59 Å². The molecule has 0 aromatic rings. The second-order valence-electron chi connectivity index (χ2n) is 8.76. The molecule has 0 unspecified atom stereocenters. The van der Waals surface area contributed by atoms with E-state index in [0.29, 0.717) is 38.1 Å². The molecule has 0 atom stereocenters. The van der Waals surface area contributed by atoms with Gasteiger partial charge in [0.25, 0.3) is 0 Å². The number of hydrogen-bond acceptors (Lipinski definition) is 5. The van der Waals surface area contributed by atoms with E-state index in [2.05, 4.69) is 4.90 Å². The average molecular weight is 397 g/mol. The summed E-state index contributed by atoms with van der Waals surface area (Å²) in [6.07, 6.45) is 4.74. The van der Waals surface area contributed by atoms with E-state index in [1.165, 1.54) is 0 Å². The molecule has 2 fully saturated rings. The highest BCUT2D eigenvalue weighted by atomic mass is 16.5. The maximum Gasteiger partial charge on any atom is 0.224 e. The number of carbonyl (C=O) groups excluding carboxylic acids is 2. The maximum atomic E-state index is 12.4. The van der Waals surface area contributed by atoms with Crippen LogP contribution in [-0.4, -0.2) is 79.6 Å². The topological polar surface area (TPSA) is 59.1 Å². The van der Waals surface area contributed by atoms with Crippen molar-refractivity contribution in [3.8, 4) is 0 Å². The number of ketones is 1. The summed E-state index contributed by atoms with van der Waals surface area (Å²) in [5.41, 5.74) is 0. The summed E-state index contributed by atoms with van der Waals surface area (Å²) in [5.74, 6) is 1.03. The fraction of sp³-hybridized carbons (Fsp3) is 0.909. The van der Waals surface area contributed by atoms with Crippen LogP contribution in [0.5, 0.6) is 0 Å². The first-order valence-electron chi connectivity index (χ1n) is 11.1. The molecule has 28 heavy (non-hydrogen) atoms. The molecule has 6 nitrogen and oxygen atoms in total. The first-order chi connectivity index (χ1) is 13.4. The van der Waals surface area contributed by atoms with Crippen LogP contribution >= 0.6 is 0 Å². The third-order valence-electron chi connectivity index (χ3n) is 5.97. The third kappa shape index (κ3) is 7.45. The van der Waals surface area contributed by atoms with Crippen LogP contribution in [-0.2, 0) is 19.1 Å². The van der Waals surface area contributed by atoms with E-state index in [-0.39, 0.29) is 23.8 Å². The second-order valence-corrected chi connectivity index (χ2v) is 8.76. The van der Waals surface area contributed by atoms with Crippen LogP contribution in [0.4, 0.5) is 0 Å². The van der Waals surface area contributed by atoms with Gasteiger partial charge in [0.05, 0.1) is 32.3 Å². The molecule has 2 aliphatic rings. The number of nitrogens with zero attached hydrogens (tertiary/aromatic N) is 2. The van der Waals surface area contributed by atoms with Crippen molar-refractivity contribution in [1.82, 2.24) is 9.80 Å². The van der Waals surface area contributed by atoms with Crippen molar-refractivity contribution in [2.75, 3.05) is 46.0 Å². The summed E-state index contributed by atoms with van der Waals surface area (Å²) in [4.78, 5) is 29.1. The highest BCUT2D eigenvalue weighted by molar-refractivity contribution is 5.82. The predicted octanol–water partition coefficient (Wildman–Crippen LogP) is 2.75. The fourth-order valence-corrected chi connectivity index (χ4v) is 4.26. The average Bonchev–Trinajstić information content (AvgIpc) is 2.69.